The molecule has 1 aromatic rings. The van der Waals surface area contributed by atoms with E-state index in [-0.39, 0.29) is 55.4 Å². The van der Waals surface area contributed by atoms with Crippen molar-refractivity contribution in [3.63, 3.8) is 0 Å². The Hall–Kier alpha value is -2.99. The lowest BCUT2D eigenvalue weighted by Gasteiger charge is -2.27. The minimum absolute atomic E-state index is 0.0163. The second-order valence-corrected chi connectivity index (χ2v) is 22.1. The summed E-state index contributed by atoms with van der Waals surface area (Å²) in [4.78, 5) is 71.4. The van der Waals surface area contributed by atoms with Crippen LogP contribution >= 0.6 is 11.3 Å². The molecule has 0 aliphatic carbocycles. The van der Waals surface area contributed by atoms with Crippen molar-refractivity contribution < 1.29 is 38.2 Å². The average molecular weight is 1020 g/mol. The predicted octanol–water partition coefficient (Wildman–Crippen LogP) is 15.6. The zero-order chi connectivity index (χ0) is 51.7. The summed E-state index contributed by atoms with van der Waals surface area (Å²) in [6, 6.07) is 0. The Morgan fingerprint density at radius 2 is 0.972 bits per heavy atom. The molecule has 0 unspecified atom stereocenters. The van der Waals surface area contributed by atoms with E-state index in [0.717, 1.165) is 68.4 Å². The molecule has 1 N–H and O–H groups in total. The molecule has 0 spiro atoms. The summed E-state index contributed by atoms with van der Waals surface area (Å²) >= 11 is 1.35. The SMILES string of the molecule is CCCCCCCCC(CCCCCCCC)OC(=O)CCCCC(=O)Nc1sc2c(c1C(=O)OCCCN(C)C)CCN(C(=O)CCCCC(=O)OC(CCCCCCCC)CCCCCCCC)C2. The Labute approximate surface area is 437 Å². The van der Waals surface area contributed by atoms with Gasteiger partial charge in [0.25, 0.3) is 0 Å². The molecule has 2 rings (SSSR count). The predicted molar refractivity (Wildman–Crippen MR) is 294 cm³/mol. The highest BCUT2D eigenvalue weighted by atomic mass is 32.1. The maximum Gasteiger partial charge on any atom is 0.341 e. The topological polar surface area (TPSA) is 132 Å². The third kappa shape index (κ3) is 31.4. The molecule has 1 aromatic heterocycles. The van der Waals surface area contributed by atoms with Gasteiger partial charge in [-0.15, -0.1) is 11.3 Å². The van der Waals surface area contributed by atoms with Gasteiger partial charge in [0.15, 0.2) is 0 Å². The molecule has 0 saturated heterocycles. The number of nitrogens with one attached hydrogen (secondary N) is 1. The quantitative estimate of drug-likeness (QED) is 0.0385. The van der Waals surface area contributed by atoms with Gasteiger partial charge in [-0.3, -0.25) is 19.2 Å². The second kappa shape index (κ2) is 42.4. The number of fused-ring (bicyclic) bond motifs is 1. The molecule has 0 aromatic carbocycles. The summed E-state index contributed by atoms with van der Waals surface area (Å²) in [5.74, 6) is -0.982. The van der Waals surface area contributed by atoms with Crippen molar-refractivity contribution in [2.45, 2.75) is 290 Å². The number of thiophene rings is 1. The van der Waals surface area contributed by atoms with Crippen LogP contribution in [-0.2, 0) is 46.4 Å². The van der Waals surface area contributed by atoms with Crippen LogP contribution in [0.4, 0.5) is 5.00 Å². The van der Waals surface area contributed by atoms with Crippen molar-refractivity contribution in [3.8, 4) is 0 Å². The van der Waals surface area contributed by atoms with Crippen LogP contribution in [0.1, 0.15) is 286 Å². The van der Waals surface area contributed by atoms with Gasteiger partial charge in [-0.2, -0.15) is 0 Å². The molecule has 2 amide bonds. The minimum Gasteiger partial charge on any atom is -0.462 e. The number of nitrogens with zero attached hydrogens (tertiary/aromatic N) is 2. The Balaban J connectivity index is 1.94. The van der Waals surface area contributed by atoms with Crippen LogP contribution in [-0.4, -0.2) is 85.5 Å². The number of amides is 2. The molecule has 410 valence electrons. The maximum absolute atomic E-state index is 13.7. The van der Waals surface area contributed by atoms with Gasteiger partial charge < -0.3 is 29.3 Å². The number of rotatable bonds is 46. The molecule has 0 fully saturated rings. The maximum atomic E-state index is 13.7. The molecule has 71 heavy (non-hydrogen) atoms. The summed E-state index contributed by atoms with van der Waals surface area (Å²) in [6.45, 7) is 10.8. The normalized spacial score (nSPS) is 12.5. The number of anilines is 1. The summed E-state index contributed by atoms with van der Waals surface area (Å²) in [6.07, 6.45) is 37.5. The molecular formula is C59H105N3O8S. The van der Waals surface area contributed by atoms with Crippen molar-refractivity contribution >= 4 is 46.1 Å². The number of unbranched alkanes of at least 4 members (excludes halogenated alkanes) is 22. The first kappa shape index (κ1) is 64.1. The van der Waals surface area contributed by atoms with E-state index in [1.807, 2.05) is 23.9 Å². The molecule has 0 saturated carbocycles. The van der Waals surface area contributed by atoms with E-state index in [1.54, 1.807) is 0 Å². The summed E-state index contributed by atoms with van der Waals surface area (Å²) in [5.41, 5.74) is 1.23. The van der Waals surface area contributed by atoms with E-state index >= 15 is 0 Å². The van der Waals surface area contributed by atoms with Gasteiger partial charge in [0.1, 0.15) is 17.2 Å². The van der Waals surface area contributed by atoms with Gasteiger partial charge in [-0.1, -0.05) is 156 Å². The van der Waals surface area contributed by atoms with Crippen LogP contribution in [0.25, 0.3) is 0 Å². The lowest BCUT2D eigenvalue weighted by Crippen LogP contribution is -2.35. The molecule has 11 nitrogen and oxygen atoms in total. The van der Waals surface area contributed by atoms with Crippen molar-refractivity contribution in [2.75, 3.05) is 39.1 Å². The largest absolute Gasteiger partial charge is 0.462 e. The first-order chi connectivity index (χ1) is 34.5. The van der Waals surface area contributed by atoms with Gasteiger partial charge in [-0.05, 0) is 110 Å². The Bertz CT molecular complexity index is 1530. The lowest BCUT2D eigenvalue weighted by molar-refractivity contribution is -0.151. The highest BCUT2D eigenvalue weighted by Crippen LogP contribution is 2.38. The zero-order valence-electron chi connectivity index (χ0n) is 46.4. The summed E-state index contributed by atoms with van der Waals surface area (Å²) in [5, 5.41) is 3.48. The molecule has 0 bridgehead atoms. The van der Waals surface area contributed by atoms with Gasteiger partial charge in [-0.25, -0.2) is 4.79 Å². The Morgan fingerprint density at radius 3 is 1.42 bits per heavy atom. The van der Waals surface area contributed by atoms with Gasteiger partial charge in [0.05, 0.1) is 18.7 Å². The van der Waals surface area contributed by atoms with E-state index in [4.69, 9.17) is 14.2 Å². The van der Waals surface area contributed by atoms with E-state index in [9.17, 15) is 24.0 Å². The van der Waals surface area contributed by atoms with E-state index < -0.39 is 5.97 Å². The summed E-state index contributed by atoms with van der Waals surface area (Å²) in [7, 11) is 3.95. The molecule has 12 heteroatoms. The average Bonchev–Trinajstić information content (AvgIpc) is 3.71. The van der Waals surface area contributed by atoms with Crippen molar-refractivity contribution in [3.05, 3.63) is 16.0 Å². The molecule has 1 aliphatic rings. The Kier molecular flexibility index (Phi) is 38.3. The van der Waals surface area contributed by atoms with Gasteiger partial charge in [0, 0.05) is 43.6 Å². The first-order valence-electron chi connectivity index (χ1n) is 29.5. The number of ether oxygens (including phenoxy) is 3. The molecular weight excluding hydrogens is 911 g/mol. The van der Waals surface area contributed by atoms with Crippen LogP contribution in [0.2, 0.25) is 0 Å². The number of hydrogen-bond acceptors (Lipinski definition) is 10. The van der Waals surface area contributed by atoms with Crippen LogP contribution in [0.15, 0.2) is 0 Å². The standard InChI is InChI=1S/C59H105N3O8S/c1-7-11-15-19-23-27-36-49(37-28-24-20-16-12-8-2)69-55(65)42-33-31-40-53(63)60-58-57(59(67)68-47-35-45-61(5)6)51-44-46-62(48-52(51)71-58)54(64)41-32-34-43-56(66)70-50(38-29-25-21-17-13-9-3)39-30-26-22-18-14-10-4/h49-50H,7-48H2,1-6H3,(H,60,63). The van der Waals surface area contributed by atoms with Crippen molar-refractivity contribution in [1.29, 1.82) is 0 Å². The fourth-order valence-corrected chi connectivity index (χ4v) is 10.9. The summed E-state index contributed by atoms with van der Waals surface area (Å²) < 4.78 is 17.8. The molecule has 0 radical (unpaired) electrons. The van der Waals surface area contributed by atoms with E-state index in [1.165, 1.54) is 140 Å². The van der Waals surface area contributed by atoms with E-state index in [0.29, 0.717) is 75.0 Å². The molecule has 2 heterocycles. The van der Waals surface area contributed by atoms with Crippen molar-refractivity contribution in [1.82, 2.24) is 9.80 Å². The minimum atomic E-state index is -0.455. The number of esters is 3. The monoisotopic (exact) mass is 1020 g/mol. The third-order valence-electron chi connectivity index (χ3n) is 14.0. The zero-order valence-corrected chi connectivity index (χ0v) is 47.2. The first-order valence-corrected chi connectivity index (χ1v) is 30.3. The van der Waals surface area contributed by atoms with Crippen LogP contribution < -0.4 is 5.32 Å². The fourth-order valence-electron chi connectivity index (χ4n) is 9.61. The van der Waals surface area contributed by atoms with Gasteiger partial charge >= 0.3 is 17.9 Å². The fraction of sp³-hybridized carbons (Fsp3) is 0.847. The van der Waals surface area contributed by atoms with E-state index in [2.05, 4.69) is 33.0 Å². The number of carbonyl (C=O) groups is 5. The highest BCUT2D eigenvalue weighted by Gasteiger charge is 2.31. The van der Waals surface area contributed by atoms with Crippen molar-refractivity contribution in [2.24, 2.45) is 0 Å². The smallest absolute Gasteiger partial charge is 0.341 e. The van der Waals surface area contributed by atoms with Crippen LogP contribution in [0, 0.1) is 0 Å². The molecule has 0 atom stereocenters. The second-order valence-electron chi connectivity index (χ2n) is 21.0. The number of carbonyl (C=O) groups excluding carboxylic acids is 5. The van der Waals surface area contributed by atoms with Crippen LogP contribution in [0.3, 0.4) is 0 Å². The third-order valence-corrected chi connectivity index (χ3v) is 15.2. The number of hydrogen-bond donors (Lipinski definition) is 1. The molecule has 1 aliphatic heterocycles. The lowest BCUT2D eigenvalue weighted by atomic mass is 10.0. The van der Waals surface area contributed by atoms with Gasteiger partial charge in [0.2, 0.25) is 11.8 Å². The Morgan fingerprint density at radius 1 is 0.549 bits per heavy atom. The van der Waals surface area contributed by atoms with Crippen LogP contribution in [0.5, 0.6) is 0 Å². The highest BCUT2D eigenvalue weighted by molar-refractivity contribution is 7.17.